The zero-order valence-electron chi connectivity index (χ0n) is 11.5. The second-order valence-corrected chi connectivity index (χ2v) is 5.50. The van der Waals surface area contributed by atoms with Crippen molar-refractivity contribution in [2.24, 2.45) is 12.8 Å². The maximum Gasteiger partial charge on any atom is 0.141 e. The number of hydrogen-bond acceptors (Lipinski definition) is 3. The van der Waals surface area contributed by atoms with E-state index < -0.39 is 0 Å². The Morgan fingerprint density at radius 1 is 1.32 bits per heavy atom. The SMILES string of the molecule is CN(C)C(CN)c1c(Br)nc(-c2ccccc2)n1C. The monoisotopic (exact) mass is 322 g/mol. The molecule has 2 rings (SSSR count). The van der Waals surface area contributed by atoms with Crippen LogP contribution >= 0.6 is 15.9 Å². The summed E-state index contributed by atoms with van der Waals surface area (Å²) in [4.78, 5) is 6.74. The van der Waals surface area contributed by atoms with E-state index in [-0.39, 0.29) is 6.04 Å². The fraction of sp³-hybridized carbons (Fsp3) is 0.357. The Morgan fingerprint density at radius 2 is 1.95 bits per heavy atom. The molecule has 1 aromatic heterocycles. The molecule has 4 nitrogen and oxygen atoms in total. The maximum absolute atomic E-state index is 5.89. The van der Waals surface area contributed by atoms with E-state index in [4.69, 9.17) is 5.73 Å². The Kier molecular flexibility index (Phi) is 4.39. The van der Waals surface area contributed by atoms with Crippen molar-refractivity contribution in [1.29, 1.82) is 0 Å². The number of rotatable bonds is 4. The van der Waals surface area contributed by atoms with Crippen LogP contribution in [-0.4, -0.2) is 35.1 Å². The molecule has 2 aromatic rings. The number of imidazole rings is 1. The summed E-state index contributed by atoms with van der Waals surface area (Å²) in [6, 6.07) is 10.3. The first-order valence-electron chi connectivity index (χ1n) is 6.20. The third-order valence-corrected chi connectivity index (χ3v) is 3.87. The van der Waals surface area contributed by atoms with Crippen molar-refractivity contribution < 1.29 is 0 Å². The van der Waals surface area contributed by atoms with E-state index in [1.165, 1.54) is 0 Å². The minimum atomic E-state index is 0.143. The van der Waals surface area contributed by atoms with E-state index in [0.717, 1.165) is 21.7 Å². The molecular formula is C14H19BrN4. The molecule has 0 spiro atoms. The van der Waals surface area contributed by atoms with Gasteiger partial charge in [0.1, 0.15) is 10.4 Å². The second-order valence-electron chi connectivity index (χ2n) is 4.75. The lowest BCUT2D eigenvalue weighted by molar-refractivity contribution is 0.294. The van der Waals surface area contributed by atoms with Crippen LogP contribution < -0.4 is 5.73 Å². The van der Waals surface area contributed by atoms with Crippen LogP contribution in [0.4, 0.5) is 0 Å². The molecule has 1 aromatic carbocycles. The van der Waals surface area contributed by atoms with Crippen LogP contribution in [0.15, 0.2) is 34.9 Å². The average Bonchev–Trinajstić information content (AvgIpc) is 2.68. The van der Waals surface area contributed by atoms with Gasteiger partial charge >= 0.3 is 0 Å². The number of nitrogens with two attached hydrogens (primary N) is 1. The highest BCUT2D eigenvalue weighted by molar-refractivity contribution is 9.10. The highest BCUT2D eigenvalue weighted by atomic mass is 79.9. The summed E-state index contributed by atoms with van der Waals surface area (Å²) in [7, 11) is 6.08. The molecule has 1 unspecified atom stereocenters. The summed E-state index contributed by atoms with van der Waals surface area (Å²) in [6.45, 7) is 0.555. The van der Waals surface area contributed by atoms with Gasteiger partial charge < -0.3 is 10.3 Å². The molecule has 0 bridgehead atoms. The molecule has 0 saturated carbocycles. The standard InChI is InChI=1S/C14H19BrN4/c1-18(2)11(9-16)12-13(15)17-14(19(12)3)10-7-5-4-6-8-10/h4-8,11H,9,16H2,1-3H3. The van der Waals surface area contributed by atoms with Crippen molar-refractivity contribution in [2.45, 2.75) is 6.04 Å². The largest absolute Gasteiger partial charge is 0.329 e. The fourth-order valence-corrected chi connectivity index (χ4v) is 2.95. The highest BCUT2D eigenvalue weighted by Crippen LogP contribution is 2.30. The number of aromatic nitrogens is 2. The van der Waals surface area contributed by atoms with Crippen LogP contribution in [0.3, 0.4) is 0 Å². The van der Waals surface area contributed by atoms with Crippen molar-refractivity contribution in [3.05, 3.63) is 40.6 Å². The Labute approximate surface area is 122 Å². The Balaban J connectivity index is 2.51. The molecule has 1 heterocycles. The molecule has 0 aliphatic heterocycles. The van der Waals surface area contributed by atoms with Gasteiger partial charge in [0.05, 0.1) is 11.7 Å². The van der Waals surface area contributed by atoms with E-state index in [1.807, 2.05) is 39.3 Å². The van der Waals surface area contributed by atoms with Gasteiger partial charge in [-0.25, -0.2) is 4.98 Å². The van der Waals surface area contributed by atoms with Crippen molar-refractivity contribution in [3.8, 4) is 11.4 Å². The Hall–Kier alpha value is -1.17. The van der Waals surface area contributed by atoms with E-state index >= 15 is 0 Å². The molecule has 102 valence electrons. The molecular weight excluding hydrogens is 304 g/mol. The lowest BCUT2D eigenvalue weighted by Crippen LogP contribution is -2.29. The first-order valence-corrected chi connectivity index (χ1v) is 6.99. The zero-order chi connectivity index (χ0) is 14.0. The molecule has 0 aliphatic carbocycles. The lowest BCUT2D eigenvalue weighted by Gasteiger charge is -2.23. The molecule has 19 heavy (non-hydrogen) atoms. The van der Waals surface area contributed by atoms with Gasteiger partial charge in [-0.1, -0.05) is 30.3 Å². The van der Waals surface area contributed by atoms with Gasteiger partial charge in [-0.15, -0.1) is 0 Å². The minimum Gasteiger partial charge on any atom is -0.329 e. The number of halogens is 1. The average molecular weight is 323 g/mol. The number of benzene rings is 1. The molecule has 0 radical (unpaired) electrons. The van der Waals surface area contributed by atoms with Crippen LogP contribution in [0.2, 0.25) is 0 Å². The summed E-state index contributed by atoms with van der Waals surface area (Å²) in [5, 5.41) is 0. The van der Waals surface area contributed by atoms with Crippen LogP contribution in [-0.2, 0) is 7.05 Å². The first-order chi connectivity index (χ1) is 9.06. The summed E-state index contributed by atoms with van der Waals surface area (Å²) in [5.41, 5.74) is 8.09. The molecule has 2 N–H and O–H groups in total. The van der Waals surface area contributed by atoms with E-state index in [1.54, 1.807) is 0 Å². The zero-order valence-corrected chi connectivity index (χ0v) is 13.1. The van der Waals surface area contributed by atoms with Crippen LogP contribution in [0.1, 0.15) is 11.7 Å². The van der Waals surface area contributed by atoms with Gasteiger partial charge in [0.2, 0.25) is 0 Å². The van der Waals surface area contributed by atoms with E-state index in [2.05, 4.69) is 42.5 Å². The van der Waals surface area contributed by atoms with E-state index in [0.29, 0.717) is 6.54 Å². The molecule has 0 amide bonds. The van der Waals surface area contributed by atoms with Gasteiger partial charge in [0, 0.05) is 19.2 Å². The third-order valence-electron chi connectivity index (χ3n) is 3.29. The number of nitrogens with zero attached hydrogens (tertiary/aromatic N) is 3. The number of likely N-dealkylation sites (N-methyl/N-ethyl adjacent to an activating group) is 1. The second kappa shape index (κ2) is 5.86. The Morgan fingerprint density at radius 3 is 2.47 bits per heavy atom. The molecule has 5 heteroatoms. The molecule has 0 fully saturated rings. The first kappa shape index (κ1) is 14.2. The lowest BCUT2D eigenvalue weighted by atomic mass is 10.2. The summed E-state index contributed by atoms with van der Waals surface area (Å²) in [5.74, 6) is 0.947. The third kappa shape index (κ3) is 2.73. The van der Waals surface area contributed by atoms with Gasteiger partial charge in [0.15, 0.2) is 0 Å². The predicted molar refractivity (Wildman–Crippen MR) is 81.8 cm³/mol. The molecule has 0 aliphatic rings. The Bertz CT molecular complexity index is 548. The van der Waals surface area contributed by atoms with Gasteiger partial charge in [-0.2, -0.15) is 0 Å². The van der Waals surface area contributed by atoms with Crippen molar-refractivity contribution in [1.82, 2.24) is 14.5 Å². The van der Waals surface area contributed by atoms with Crippen molar-refractivity contribution in [2.75, 3.05) is 20.6 Å². The summed E-state index contributed by atoms with van der Waals surface area (Å²) >= 11 is 3.56. The fourth-order valence-electron chi connectivity index (χ4n) is 2.25. The normalized spacial score (nSPS) is 12.9. The highest BCUT2D eigenvalue weighted by Gasteiger charge is 2.22. The molecule has 1 atom stereocenters. The summed E-state index contributed by atoms with van der Waals surface area (Å²) < 4.78 is 2.97. The maximum atomic E-state index is 5.89. The molecule has 0 saturated heterocycles. The topological polar surface area (TPSA) is 47.1 Å². The van der Waals surface area contributed by atoms with Crippen LogP contribution in [0.25, 0.3) is 11.4 Å². The van der Waals surface area contributed by atoms with Crippen molar-refractivity contribution >= 4 is 15.9 Å². The minimum absolute atomic E-state index is 0.143. The number of hydrogen-bond donors (Lipinski definition) is 1. The predicted octanol–water partition coefficient (Wildman–Crippen LogP) is 2.41. The van der Waals surface area contributed by atoms with Gasteiger partial charge in [0.25, 0.3) is 0 Å². The van der Waals surface area contributed by atoms with E-state index in [9.17, 15) is 0 Å². The van der Waals surface area contributed by atoms with Crippen LogP contribution in [0.5, 0.6) is 0 Å². The van der Waals surface area contributed by atoms with Crippen LogP contribution in [0, 0.1) is 0 Å². The quantitative estimate of drug-likeness (QED) is 0.940. The van der Waals surface area contributed by atoms with Crippen molar-refractivity contribution in [3.63, 3.8) is 0 Å². The smallest absolute Gasteiger partial charge is 0.141 e. The van der Waals surface area contributed by atoms with Gasteiger partial charge in [-0.3, -0.25) is 4.90 Å². The summed E-state index contributed by atoms with van der Waals surface area (Å²) in [6.07, 6.45) is 0. The van der Waals surface area contributed by atoms with Gasteiger partial charge in [-0.05, 0) is 30.0 Å².